The Labute approximate surface area is 191 Å². The third-order valence-electron chi connectivity index (χ3n) is 4.34. The lowest BCUT2D eigenvalue weighted by atomic mass is 10.1. The number of sulfonamides is 1. The van der Waals surface area contributed by atoms with Crippen molar-refractivity contribution in [2.75, 3.05) is 7.11 Å². The summed E-state index contributed by atoms with van der Waals surface area (Å²) in [7, 11) is -5.25. The molecule has 1 aromatic rings. The average molecular weight is 528 g/mol. The Morgan fingerprint density at radius 3 is 1.82 bits per heavy atom. The normalized spacial score (nSPS) is 14.3. The minimum Gasteiger partial charge on any atom is -0.497 e. The fourth-order valence-electron chi connectivity index (χ4n) is 2.91. The van der Waals surface area contributed by atoms with Crippen molar-refractivity contribution in [2.24, 2.45) is 4.40 Å². The quantitative estimate of drug-likeness (QED) is 0.226. The number of halogens is 8. The Bertz CT molecular complexity index is 944. The van der Waals surface area contributed by atoms with Gasteiger partial charge in [0.25, 0.3) is 0 Å². The highest BCUT2D eigenvalue weighted by molar-refractivity contribution is 7.91. The number of hydrogen-bond donors (Lipinski definition) is 0. The summed E-state index contributed by atoms with van der Waals surface area (Å²) < 4.78 is 141. The molecule has 0 aromatic heterocycles. The second kappa shape index (κ2) is 10.6. The van der Waals surface area contributed by atoms with Crippen LogP contribution in [0.1, 0.15) is 33.3 Å². The summed E-state index contributed by atoms with van der Waals surface area (Å²) in [6, 6.07) is 4.64. The van der Waals surface area contributed by atoms with Crippen LogP contribution in [0.2, 0.25) is 0 Å². The van der Waals surface area contributed by atoms with E-state index in [9.17, 15) is 43.5 Å². The first-order chi connectivity index (χ1) is 15.3. The molecular formula is C19H24F8N2O4S. The van der Waals surface area contributed by atoms with Crippen LogP contribution >= 0.6 is 0 Å². The van der Waals surface area contributed by atoms with Crippen molar-refractivity contribution in [1.29, 1.82) is 0 Å². The molecule has 1 rings (SSSR count). The molecule has 0 fully saturated rings. The van der Waals surface area contributed by atoms with Gasteiger partial charge in [-0.3, -0.25) is 0 Å². The largest absolute Gasteiger partial charge is 0.497 e. The Morgan fingerprint density at radius 1 is 0.971 bits per heavy atom. The minimum absolute atomic E-state index is 0.316. The molecule has 0 saturated heterocycles. The van der Waals surface area contributed by atoms with Crippen LogP contribution in [0.4, 0.5) is 35.1 Å². The molecule has 0 amide bonds. The van der Waals surface area contributed by atoms with Gasteiger partial charge in [-0.25, -0.2) is 13.5 Å². The Hall–Kier alpha value is -2.16. The van der Waals surface area contributed by atoms with Gasteiger partial charge in [0.1, 0.15) is 11.6 Å². The zero-order valence-electron chi connectivity index (χ0n) is 18.7. The molecule has 0 unspecified atom stereocenters. The van der Waals surface area contributed by atoms with E-state index in [-0.39, 0.29) is 0 Å². The number of hydrogen-bond acceptors (Lipinski definition) is 4. The molecule has 0 aliphatic rings. The van der Waals surface area contributed by atoms with E-state index in [0.29, 0.717) is 11.3 Å². The second-order valence-electron chi connectivity index (χ2n) is 7.60. The van der Waals surface area contributed by atoms with Gasteiger partial charge in [-0.05, 0) is 45.4 Å². The van der Waals surface area contributed by atoms with Crippen LogP contribution in [0.5, 0.6) is 5.75 Å². The van der Waals surface area contributed by atoms with Gasteiger partial charge in [0.15, 0.2) is 0 Å². The molecule has 1 aromatic carbocycles. The average Bonchev–Trinajstić information content (AvgIpc) is 2.66. The predicted octanol–water partition coefficient (Wildman–Crippen LogP) is 5.14. The van der Waals surface area contributed by atoms with Crippen molar-refractivity contribution in [2.45, 2.75) is 70.1 Å². The molecule has 0 heterocycles. The van der Waals surface area contributed by atoms with Gasteiger partial charge in [-0.15, -0.1) is 4.40 Å². The summed E-state index contributed by atoms with van der Waals surface area (Å²) in [6.07, 6.45) is -18.0. The lowest BCUT2D eigenvalue weighted by Gasteiger charge is -2.34. The number of methoxy groups -OCH3 is 1. The van der Waals surface area contributed by atoms with E-state index in [1.165, 1.54) is 64.0 Å². The molecule has 15 heteroatoms. The van der Waals surface area contributed by atoms with Crippen LogP contribution in [0, 0.1) is 0 Å². The molecule has 6 nitrogen and oxygen atoms in total. The Kier molecular flexibility index (Phi) is 9.33. The molecule has 0 atom stereocenters. The number of nitrogens with zero attached hydrogens (tertiary/aromatic N) is 2. The molecule has 196 valence electrons. The Balaban J connectivity index is 3.57. The third-order valence-corrected chi connectivity index (χ3v) is 5.68. The molecule has 0 saturated carbocycles. The van der Waals surface area contributed by atoms with E-state index in [1.807, 2.05) is 0 Å². The van der Waals surface area contributed by atoms with Gasteiger partial charge in [-0.2, -0.15) is 34.8 Å². The predicted molar refractivity (Wildman–Crippen MR) is 107 cm³/mol. The van der Waals surface area contributed by atoms with Crippen molar-refractivity contribution in [3.8, 4) is 5.75 Å². The van der Waals surface area contributed by atoms with Crippen LogP contribution in [0.25, 0.3) is 0 Å². The summed E-state index contributed by atoms with van der Waals surface area (Å²) in [5.41, 5.74) is 0.316. The SMILES string of the molecule is COc1ccc(C/C(=N/S(=O)(=O)C(F)(F)C(F)(F)OC(F)(F)C(F)F)N(C(C)C)C(C)C)cc1. The topological polar surface area (TPSA) is 68.2 Å². The lowest BCUT2D eigenvalue weighted by Crippen LogP contribution is -2.53. The molecule has 34 heavy (non-hydrogen) atoms. The fourth-order valence-corrected chi connectivity index (χ4v) is 3.80. The van der Waals surface area contributed by atoms with Gasteiger partial charge in [0.05, 0.1) is 7.11 Å². The molecule has 0 aliphatic heterocycles. The number of rotatable bonds is 11. The summed E-state index contributed by atoms with van der Waals surface area (Å²) in [5, 5.41) is -6.41. The van der Waals surface area contributed by atoms with Crippen LogP contribution in [-0.4, -0.2) is 62.2 Å². The maximum absolute atomic E-state index is 14.3. The maximum atomic E-state index is 14.3. The molecule has 0 bridgehead atoms. The number of ether oxygens (including phenoxy) is 2. The minimum atomic E-state index is -6.62. The first-order valence-electron chi connectivity index (χ1n) is 9.65. The summed E-state index contributed by atoms with van der Waals surface area (Å²) in [5.74, 6) is -0.214. The first kappa shape index (κ1) is 29.9. The lowest BCUT2D eigenvalue weighted by molar-refractivity contribution is -0.435. The zero-order valence-corrected chi connectivity index (χ0v) is 19.5. The second-order valence-corrected chi connectivity index (χ2v) is 9.25. The van der Waals surface area contributed by atoms with E-state index in [4.69, 9.17) is 4.74 Å². The van der Waals surface area contributed by atoms with E-state index < -0.39 is 58.3 Å². The van der Waals surface area contributed by atoms with Crippen LogP contribution in [0.15, 0.2) is 28.7 Å². The van der Waals surface area contributed by atoms with Gasteiger partial charge in [-0.1, -0.05) is 12.1 Å². The molecule has 0 N–H and O–H groups in total. The van der Waals surface area contributed by atoms with Crippen molar-refractivity contribution in [3.63, 3.8) is 0 Å². The van der Waals surface area contributed by atoms with E-state index >= 15 is 0 Å². The molecule has 0 spiro atoms. The number of amidine groups is 1. The fraction of sp³-hybridized carbons (Fsp3) is 0.632. The molecule has 0 aliphatic carbocycles. The molecular weight excluding hydrogens is 504 g/mol. The Morgan fingerprint density at radius 2 is 1.44 bits per heavy atom. The third kappa shape index (κ3) is 6.71. The van der Waals surface area contributed by atoms with Crippen molar-refractivity contribution < 1.29 is 53.0 Å². The van der Waals surface area contributed by atoms with Gasteiger partial charge >= 0.3 is 33.9 Å². The van der Waals surface area contributed by atoms with Gasteiger partial charge in [0.2, 0.25) is 0 Å². The first-order valence-corrected chi connectivity index (χ1v) is 11.1. The summed E-state index contributed by atoms with van der Waals surface area (Å²) >= 11 is 0. The van der Waals surface area contributed by atoms with Gasteiger partial charge in [0, 0.05) is 18.5 Å². The maximum Gasteiger partial charge on any atom is 0.455 e. The highest BCUT2D eigenvalue weighted by Crippen LogP contribution is 2.45. The van der Waals surface area contributed by atoms with E-state index in [2.05, 4.69) is 9.13 Å². The van der Waals surface area contributed by atoms with Gasteiger partial charge < -0.3 is 9.64 Å². The van der Waals surface area contributed by atoms with E-state index in [1.54, 1.807) is 0 Å². The zero-order chi connectivity index (χ0) is 26.7. The summed E-state index contributed by atoms with van der Waals surface area (Å²) in [6.45, 7) is 6.15. The van der Waals surface area contributed by atoms with E-state index in [0.717, 1.165) is 0 Å². The number of alkyl halides is 8. The van der Waals surface area contributed by atoms with Crippen LogP contribution in [-0.2, 0) is 21.2 Å². The number of benzene rings is 1. The van der Waals surface area contributed by atoms with Crippen molar-refractivity contribution in [1.82, 2.24) is 4.90 Å². The van der Waals surface area contributed by atoms with Crippen LogP contribution < -0.4 is 4.74 Å². The highest BCUT2D eigenvalue weighted by atomic mass is 32.2. The standard InChI is InChI=1S/C19H24F8N2O4S/c1-11(2)29(12(3)4)15(10-13-6-8-14(32-5)9-7-13)28-34(30,31)19(26,27)18(24,25)33-17(22,23)16(20)21/h6-9,11-12,16H,10H2,1-5H3/b28-15-. The smallest absolute Gasteiger partial charge is 0.455 e. The summed E-state index contributed by atoms with van der Waals surface area (Å²) in [4.78, 5) is 1.23. The monoisotopic (exact) mass is 528 g/mol. The van der Waals surface area contributed by atoms with Crippen LogP contribution in [0.3, 0.4) is 0 Å². The highest BCUT2D eigenvalue weighted by Gasteiger charge is 2.72. The van der Waals surface area contributed by atoms with Crippen molar-refractivity contribution >= 4 is 15.9 Å². The molecule has 0 radical (unpaired) electrons. The van der Waals surface area contributed by atoms with Crippen molar-refractivity contribution in [3.05, 3.63) is 29.8 Å².